The molecular formula is C18H13F3N2O3. The minimum absolute atomic E-state index is 0.0729. The van der Waals surface area contributed by atoms with Crippen molar-refractivity contribution >= 4 is 22.7 Å². The molecule has 0 radical (unpaired) electrons. The Hall–Kier alpha value is -3.29. The summed E-state index contributed by atoms with van der Waals surface area (Å²) in [5.41, 5.74) is 5.45. The molecule has 0 saturated heterocycles. The first-order chi connectivity index (χ1) is 12.2. The Balaban J connectivity index is 2.30. The Bertz CT molecular complexity index is 1070. The summed E-state index contributed by atoms with van der Waals surface area (Å²) in [4.78, 5) is 24.2. The normalized spacial score (nSPS) is 11.1. The molecule has 3 rings (SSSR count). The average Bonchev–Trinajstić information content (AvgIpc) is 2.85. The second-order valence-corrected chi connectivity index (χ2v) is 5.77. The zero-order chi connectivity index (χ0) is 19.2. The van der Waals surface area contributed by atoms with Crippen LogP contribution in [0.4, 0.5) is 13.2 Å². The summed E-state index contributed by atoms with van der Waals surface area (Å²) in [6, 6.07) is 4.98. The number of nitrogens with two attached hydrogens (primary N) is 1. The summed E-state index contributed by atoms with van der Waals surface area (Å²) >= 11 is 0. The van der Waals surface area contributed by atoms with E-state index in [0.717, 1.165) is 28.8 Å². The zero-order valence-electron chi connectivity index (χ0n) is 13.5. The summed E-state index contributed by atoms with van der Waals surface area (Å²) in [7, 11) is 0. The number of phenolic OH excluding ortho intramolecular Hbond substituents is 1. The number of carbonyl (C=O) groups excluding carboxylic acids is 2. The highest BCUT2D eigenvalue weighted by atomic mass is 19.2. The van der Waals surface area contributed by atoms with Crippen LogP contribution >= 0.6 is 0 Å². The monoisotopic (exact) mass is 362 g/mol. The van der Waals surface area contributed by atoms with Gasteiger partial charge in [0, 0.05) is 16.6 Å². The molecule has 1 amide bonds. The lowest BCUT2D eigenvalue weighted by atomic mass is 10.1. The van der Waals surface area contributed by atoms with Crippen molar-refractivity contribution in [1.82, 2.24) is 4.57 Å². The van der Waals surface area contributed by atoms with Gasteiger partial charge in [0.15, 0.2) is 23.2 Å². The molecule has 3 aromatic rings. The fourth-order valence-corrected chi connectivity index (χ4v) is 2.94. The van der Waals surface area contributed by atoms with Crippen molar-refractivity contribution in [3.8, 4) is 5.75 Å². The third-order valence-corrected chi connectivity index (χ3v) is 4.14. The van der Waals surface area contributed by atoms with E-state index in [1.807, 2.05) is 0 Å². The number of phenols is 1. The van der Waals surface area contributed by atoms with Gasteiger partial charge in [-0.15, -0.1) is 0 Å². The molecule has 26 heavy (non-hydrogen) atoms. The van der Waals surface area contributed by atoms with Crippen LogP contribution in [-0.2, 0) is 11.2 Å². The summed E-state index contributed by atoms with van der Waals surface area (Å²) in [5, 5.41) is 9.49. The number of primary amides is 1. The van der Waals surface area contributed by atoms with Gasteiger partial charge in [-0.3, -0.25) is 14.2 Å². The van der Waals surface area contributed by atoms with E-state index >= 15 is 0 Å². The number of fused-ring (bicyclic) bond motifs is 1. The Kier molecular flexibility index (Phi) is 4.19. The second kappa shape index (κ2) is 6.21. The number of halogens is 3. The Morgan fingerprint density at radius 3 is 2.42 bits per heavy atom. The maximum atomic E-state index is 14.4. The molecule has 8 heteroatoms. The molecule has 5 nitrogen and oxygen atoms in total. The first kappa shape index (κ1) is 17.5. The van der Waals surface area contributed by atoms with Gasteiger partial charge in [0.05, 0.1) is 11.9 Å². The quantitative estimate of drug-likeness (QED) is 0.751. The van der Waals surface area contributed by atoms with Gasteiger partial charge >= 0.3 is 0 Å². The highest BCUT2D eigenvalue weighted by Crippen LogP contribution is 2.33. The Morgan fingerprint density at radius 2 is 1.81 bits per heavy atom. The number of aromatic nitrogens is 1. The number of hydrogen-bond acceptors (Lipinski definition) is 3. The SMILES string of the molecule is Cc1c(CC(N)=O)c2c(F)c(O)ccc2n1C(=O)c1ccc(F)c(F)c1. The summed E-state index contributed by atoms with van der Waals surface area (Å²) in [6.07, 6.45) is -0.360. The fourth-order valence-electron chi connectivity index (χ4n) is 2.94. The molecule has 0 unspecified atom stereocenters. The molecule has 0 fully saturated rings. The van der Waals surface area contributed by atoms with Gasteiger partial charge in [-0.05, 0) is 42.8 Å². The van der Waals surface area contributed by atoms with Crippen molar-refractivity contribution in [3.63, 3.8) is 0 Å². The number of amides is 1. The van der Waals surface area contributed by atoms with Crippen LogP contribution in [0.15, 0.2) is 30.3 Å². The maximum Gasteiger partial charge on any atom is 0.262 e. The van der Waals surface area contributed by atoms with Crippen LogP contribution in [0.2, 0.25) is 0 Å². The molecular weight excluding hydrogens is 349 g/mol. The van der Waals surface area contributed by atoms with Gasteiger partial charge in [-0.25, -0.2) is 13.2 Å². The minimum atomic E-state index is -1.20. The molecule has 134 valence electrons. The van der Waals surface area contributed by atoms with Crippen LogP contribution in [-0.4, -0.2) is 21.5 Å². The largest absolute Gasteiger partial charge is 0.505 e. The molecule has 0 saturated carbocycles. The topological polar surface area (TPSA) is 85.3 Å². The summed E-state index contributed by atoms with van der Waals surface area (Å²) in [6.45, 7) is 1.46. The molecule has 0 spiro atoms. The van der Waals surface area contributed by atoms with Crippen molar-refractivity contribution in [2.75, 3.05) is 0 Å². The smallest absolute Gasteiger partial charge is 0.262 e. The highest BCUT2D eigenvalue weighted by molar-refractivity contribution is 6.05. The molecule has 1 aromatic heterocycles. The maximum absolute atomic E-state index is 14.4. The molecule has 0 aliphatic carbocycles. The predicted molar refractivity (Wildman–Crippen MR) is 87.3 cm³/mol. The number of carbonyl (C=O) groups is 2. The van der Waals surface area contributed by atoms with Crippen LogP contribution in [0.25, 0.3) is 10.9 Å². The van der Waals surface area contributed by atoms with Crippen molar-refractivity contribution in [2.45, 2.75) is 13.3 Å². The highest BCUT2D eigenvalue weighted by Gasteiger charge is 2.24. The van der Waals surface area contributed by atoms with E-state index in [1.165, 1.54) is 13.0 Å². The molecule has 0 aliphatic rings. The average molecular weight is 362 g/mol. The molecule has 2 aromatic carbocycles. The predicted octanol–water partition coefficient (Wildman–Crippen LogP) is 2.79. The first-order valence-electron chi connectivity index (χ1n) is 7.51. The molecule has 1 heterocycles. The third kappa shape index (κ3) is 2.69. The van der Waals surface area contributed by atoms with Crippen molar-refractivity contribution in [1.29, 1.82) is 0 Å². The van der Waals surface area contributed by atoms with E-state index in [1.54, 1.807) is 0 Å². The van der Waals surface area contributed by atoms with Gasteiger partial charge in [0.1, 0.15) is 0 Å². The standard InChI is InChI=1S/C18H13F3N2O3/c1-8-10(7-15(22)25)16-13(4-5-14(24)17(16)21)23(8)18(26)9-2-3-11(19)12(20)6-9/h2-6,24H,7H2,1H3,(H2,22,25). The molecule has 0 bridgehead atoms. The van der Waals surface area contributed by atoms with Crippen molar-refractivity contribution in [3.05, 3.63) is 64.6 Å². The van der Waals surface area contributed by atoms with Gasteiger partial charge in [0.25, 0.3) is 5.91 Å². The number of aromatic hydroxyl groups is 1. The molecule has 0 aliphatic heterocycles. The minimum Gasteiger partial charge on any atom is -0.505 e. The van der Waals surface area contributed by atoms with Gasteiger partial charge in [0.2, 0.25) is 5.91 Å². The fraction of sp³-hybridized carbons (Fsp3) is 0.111. The summed E-state index contributed by atoms with van der Waals surface area (Å²) in [5.74, 6) is -5.46. The van der Waals surface area contributed by atoms with E-state index < -0.39 is 35.0 Å². The van der Waals surface area contributed by atoms with Crippen LogP contribution in [0.5, 0.6) is 5.75 Å². The van der Waals surface area contributed by atoms with Gasteiger partial charge in [-0.1, -0.05) is 0 Å². The zero-order valence-corrected chi connectivity index (χ0v) is 13.5. The van der Waals surface area contributed by atoms with Crippen LogP contribution in [0.1, 0.15) is 21.6 Å². The molecule has 0 atom stereocenters. The first-order valence-corrected chi connectivity index (χ1v) is 7.51. The lowest BCUT2D eigenvalue weighted by Crippen LogP contribution is -2.16. The second-order valence-electron chi connectivity index (χ2n) is 5.77. The molecule has 3 N–H and O–H groups in total. The van der Waals surface area contributed by atoms with E-state index in [4.69, 9.17) is 5.73 Å². The number of rotatable bonds is 3. The van der Waals surface area contributed by atoms with Crippen LogP contribution in [0.3, 0.4) is 0 Å². The van der Waals surface area contributed by atoms with E-state index in [9.17, 15) is 27.9 Å². The number of hydrogen-bond donors (Lipinski definition) is 2. The summed E-state index contributed by atoms with van der Waals surface area (Å²) < 4.78 is 42.1. The lowest BCUT2D eigenvalue weighted by molar-refractivity contribution is -0.117. The Morgan fingerprint density at radius 1 is 1.12 bits per heavy atom. The Labute approximate surface area is 145 Å². The lowest BCUT2D eigenvalue weighted by Gasteiger charge is -2.08. The third-order valence-electron chi connectivity index (χ3n) is 4.14. The van der Waals surface area contributed by atoms with E-state index in [-0.39, 0.29) is 34.1 Å². The van der Waals surface area contributed by atoms with Crippen LogP contribution in [0, 0.1) is 24.4 Å². The van der Waals surface area contributed by atoms with E-state index in [0.29, 0.717) is 0 Å². The van der Waals surface area contributed by atoms with Gasteiger partial charge < -0.3 is 10.8 Å². The van der Waals surface area contributed by atoms with E-state index in [2.05, 4.69) is 0 Å². The van der Waals surface area contributed by atoms with Crippen molar-refractivity contribution in [2.24, 2.45) is 5.73 Å². The number of nitrogens with zero attached hydrogens (tertiary/aromatic N) is 1. The number of benzene rings is 2. The van der Waals surface area contributed by atoms with Crippen LogP contribution < -0.4 is 5.73 Å². The van der Waals surface area contributed by atoms with Crippen molar-refractivity contribution < 1.29 is 27.9 Å². The van der Waals surface area contributed by atoms with Gasteiger partial charge in [-0.2, -0.15) is 0 Å².